The molecule has 0 unspecified atom stereocenters. The summed E-state index contributed by atoms with van der Waals surface area (Å²) >= 11 is 5.25. The lowest BCUT2D eigenvalue weighted by molar-refractivity contribution is 0.715. The van der Waals surface area contributed by atoms with Crippen LogP contribution < -0.4 is 0 Å². The van der Waals surface area contributed by atoms with Crippen molar-refractivity contribution < 1.29 is 0 Å². The molecule has 0 bridgehead atoms. The Kier molecular flexibility index (Phi) is 2.52. The molecular formula is C11H10N6S. The van der Waals surface area contributed by atoms with Crippen molar-refractivity contribution in [2.45, 2.75) is 0 Å². The van der Waals surface area contributed by atoms with E-state index in [1.807, 2.05) is 41.9 Å². The largest absolute Gasteiger partial charge is 0.267 e. The SMILES string of the molecule is Cn1cc(-c2n[nH]c(=S)n2-c2ccccc2)nn1. The zero-order valence-corrected chi connectivity index (χ0v) is 10.4. The number of H-pyrrole nitrogens is 1. The summed E-state index contributed by atoms with van der Waals surface area (Å²) in [4.78, 5) is 0. The van der Waals surface area contributed by atoms with E-state index in [1.165, 1.54) is 0 Å². The van der Waals surface area contributed by atoms with Crippen molar-refractivity contribution in [1.82, 2.24) is 29.8 Å². The van der Waals surface area contributed by atoms with Crippen molar-refractivity contribution in [3.05, 3.63) is 41.3 Å². The van der Waals surface area contributed by atoms with Gasteiger partial charge in [-0.15, -0.1) is 5.10 Å². The van der Waals surface area contributed by atoms with Crippen molar-refractivity contribution in [3.63, 3.8) is 0 Å². The van der Waals surface area contributed by atoms with E-state index >= 15 is 0 Å². The Morgan fingerprint density at radius 1 is 1.22 bits per heavy atom. The van der Waals surface area contributed by atoms with Gasteiger partial charge >= 0.3 is 0 Å². The Morgan fingerprint density at radius 3 is 2.67 bits per heavy atom. The van der Waals surface area contributed by atoms with Crippen molar-refractivity contribution in [1.29, 1.82) is 0 Å². The van der Waals surface area contributed by atoms with Crippen LogP contribution in [0.4, 0.5) is 0 Å². The van der Waals surface area contributed by atoms with E-state index in [0.29, 0.717) is 16.3 Å². The minimum Gasteiger partial charge on any atom is -0.267 e. The molecular weight excluding hydrogens is 248 g/mol. The van der Waals surface area contributed by atoms with E-state index in [4.69, 9.17) is 12.2 Å². The summed E-state index contributed by atoms with van der Waals surface area (Å²) in [6.45, 7) is 0. The highest BCUT2D eigenvalue weighted by Gasteiger charge is 2.13. The summed E-state index contributed by atoms with van der Waals surface area (Å²) < 4.78 is 3.99. The Morgan fingerprint density at radius 2 is 2.00 bits per heavy atom. The number of aromatic nitrogens is 6. The molecule has 3 rings (SSSR count). The number of nitrogens with one attached hydrogen (secondary N) is 1. The summed E-state index contributed by atoms with van der Waals surface area (Å²) in [5, 5.41) is 14.9. The average Bonchev–Trinajstić information content (AvgIpc) is 2.96. The number of hydrogen-bond acceptors (Lipinski definition) is 4. The maximum absolute atomic E-state index is 5.25. The van der Waals surface area contributed by atoms with Crippen molar-refractivity contribution in [3.8, 4) is 17.2 Å². The van der Waals surface area contributed by atoms with Gasteiger partial charge in [-0.25, -0.2) is 0 Å². The molecule has 90 valence electrons. The summed E-state index contributed by atoms with van der Waals surface area (Å²) in [7, 11) is 1.81. The maximum atomic E-state index is 5.25. The highest BCUT2D eigenvalue weighted by atomic mass is 32.1. The van der Waals surface area contributed by atoms with Gasteiger partial charge in [-0.2, -0.15) is 5.10 Å². The van der Waals surface area contributed by atoms with Gasteiger partial charge in [-0.1, -0.05) is 23.4 Å². The summed E-state index contributed by atoms with van der Waals surface area (Å²) in [5.41, 5.74) is 1.62. The second-order valence-electron chi connectivity index (χ2n) is 3.80. The molecule has 0 saturated carbocycles. The Balaban J connectivity index is 2.22. The lowest BCUT2D eigenvalue weighted by atomic mass is 10.3. The van der Waals surface area contributed by atoms with Crippen LogP contribution in [0.15, 0.2) is 36.5 Å². The first-order valence-electron chi connectivity index (χ1n) is 5.35. The van der Waals surface area contributed by atoms with Crippen LogP contribution in [-0.4, -0.2) is 29.8 Å². The average molecular weight is 258 g/mol. The lowest BCUT2D eigenvalue weighted by Crippen LogP contribution is -1.97. The molecule has 3 aromatic rings. The fourth-order valence-corrected chi connectivity index (χ4v) is 1.97. The van der Waals surface area contributed by atoms with Crippen molar-refractivity contribution in [2.24, 2.45) is 7.05 Å². The molecule has 1 N–H and O–H groups in total. The van der Waals surface area contributed by atoms with Crippen LogP contribution >= 0.6 is 12.2 Å². The van der Waals surface area contributed by atoms with E-state index in [-0.39, 0.29) is 0 Å². The monoisotopic (exact) mass is 258 g/mol. The van der Waals surface area contributed by atoms with Crippen molar-refractivity contribution >= 4 is 12.2 Å². The van der Waals surface area contributed by atoms with Gasteiger partial charge < -0.3 is 0 Å². The number of aromatic amines is 1. The number of para-hydroxylation sites is 1. The van der Waals surface area contributed by atoms with Crippen LogP contribution in [-0.2, 0) is 7.05 Å². The third-order valence-corrected chi connectivity index (χ3v) is 2.79. The highest BCUT2D eigenvalue weighted by Crippen LogP contribution is 2.18. The normalized spacial score (nSPS) is 10.7. The Labute approximate surface area is 108 Å². The van der Waals surface area contributed by atoms with Crippen LogP contribution in [0.5, 0.6) is 0 Å². The maximum Gasteiger partial charge on any atom is 0.200 e. The third-order valence-electron chi connectivity index (χ3n) is 2.52. The second kappa shape index (κ2) is 4.19. The topological polar surface area (TPSA) is 64.3 Å². The van der Waals surface area contributed by atoms with Gasteiger partial charge in [0.05, 0.1) is 11.9 Å². The van der Waals surface area contributed by atoms with Gasteiger partial charge in [0, 0.05) is 7.05 Å². The molecule has 0 aliphatic rings. The van der Waals surface area contributed by atoms with Crippen LogP contribution in [0.2, 0.25) is 0 Å². The molecule has 0 spiro atoms. The molecule has 7 heteroatoms. The third kappa shape index (κ3) is 1.74. The Hall–Kier alpha value is -2.28. The number of hydrogen-bond donors (Lipinski definition) is 1. The van der Waals surface area contributed by atoms with Gasteiger partial charge in [0.1, 0.15) is 0 Å². The van der Waals surface area contributed by atoms with Gasteiger partial charge in [0.15, 0.2) is 16.3 Å². The summed E-state index contributed by atoms with van der Waals surface area (Å²) in [5.74, 6) is 0.652. The fourth-order valence-electron chi connectivity index (χ4n) is 1.74. The van der Waals surface area contributed by atoms with Crippen LogP contribution in [0.1, 0.15) is 0 Å². The first-order valence-corrected chi connectivity index (χ1v) is 5.76. The van der Waals surface area contributed by atoms with Gasteiger partial charge in [0.2, 0.25) is 0 Å². The fraction of sp³-hybridized carbons (Fsp3) is 0.0909. The Bertz CT molecular complexity index is 723. The van der Waals surface area contributed by atoms with E-state index in [1.54, 1.807) is 10.9 Å². The minimum absolute atomic E-state index is 0.529. The van der Waals surface area contributed by atoms with E-state index in [2.05, 4.69) is 20.5 Å². The van der Waals surface area contributed by atoms with Crippen molar-refractivity contribution in [2.75, 3.05) is 0 Å². The van der Waals surface area contributed by atoms with Crippen LogP contribution in [0.25, 0.3) is 17.2 Å². The first kappa shape index (κ1) is 10.8. The van der Waals surface area contributed by atoms with E-state index in [0.717, 1.165) is 5.69 Å². The predicted octanol–water partition coefficient (Wildman–Crippen LogP) is 1.73. The smallest absolute Gasteiger partial charge is 0.200 e. The minimum atomic E-state index is 0.529. The number of benzene rings is 1. The van der Waals surface area contributed by atoms with E-state index in [9.17, 15) is 0 Å². The molecule has 6 nitrogen and oxygen atoms in total. The van der Waals surface area contributed by atoms with E-state index < -0.39 is 0 Å². The molecule has 0 fully saturated rings. The summed E-state index contributed by atoms with van der Waals surface area (Å²) in [6.07, 6.45) is 1.80. The molecule has 18 heavy (non-hydrogen) atoms. The standard InChI is InChI=1S/C11H10N6S/c1-16-7-9(12-15-16)10-13-14-11(18)17(10)8-5-3-2-4-6-8/h2-7H,1H3,(H,14,18). The van der Waals surface area contributed by atoms with Gasteiger partial charge in [-0.05, 0) is 24.4 Å². The predicted molar refractivity (Wildman–Crippen MR) is 68.7 cm³/mol. The van der Waals surface area contributed by atoms with Crippen LogP contribution in [0.3, 0.4) is 0 Å². The molecule has 1 aromatic carbocycles. The molecule has 0 aliphatic heterocycles. The first-order chi connectivity index (χ1) is 8.75. The molecule has 0 radical (unpaired) electrons. The molecule has 0 atom stereocenters. The lowest BCUT2D eigenvalue weighted by Gasteiger charge is -2.03. The highest BCUT2D eigenvalue weighted by molar-refractivity contribution is 7.71. The van der Waals surface area contributed by atoms with Gasteiger partial charge in [-0.3, -0.25) is 14.3 Å². The number of rotatable bonds is 2. The second-order valence-corrected chi connectivity index (χ2v) is 4.19. The number of aryl methyl sites for hydroxylation is 1. The molecule has 0 aliphatic carbocycles. The molecule has 2 heterocycles. The van der Waals surface area contributed by atoms with Crippen LogP contribution in [0, 0.1) is 4.77 Å². The quantitative estimate of drug-likeness (QED) is 0.711. The molecule has 0 saturated heterocycles. The molecule has 2 aromatic heterocycles. The molecule has 0 amide bonds. The zero-order chi connectivity index (χ0) is 12.5. The number of nitrogens with zero attached hydrogens (tertiary/aromatic N) is 5. The zero-order valence-electron chi connectivity index (χ0n) is 9.61. The summed E-state index contributed by atoms with van der Waals surface area (Å²) in [6, 6.07) is 9.78. The van der Waals surface area contributed by atoms with Gasteiger partial charge in [0.25, 0.3) is 0 Å².